The molecule has 3 unspecified atom stereocenters. The third-order valence-electron chi connectivity index (χ3n) is 4.75. The van der Waals surface area contributed by atoms with Gasteiger partial charge in [-0.15, -0.1) is 0 Å². The lowest BCUT2D eigenvalue weighted by atomic mass is 9.83. The maximum Gasteiger partial charge on any atom is 0.0553 e. The molecule has 2 aliphatic rings. The molecule has 4 heteroatoms. The van der Waals surface area contributed by atoms with Crippen LogP contribution >= 0.6 is 0 Å². The molecule has 19 heavy (non-hydrogen) atoms. The number of hydrogen-bond acceptors (Lipinski definition) is 4. The Morgan fingerprint density at radius 1 is 1.32 bits per heavy atom. The molecule has 0 aromatic heterocycles. The lowest BCUT2D eigenvalue weighted by Crippen LogP contribution is -2.53. The van der Waals surface area contributed by atoms with Crippen molar-refractivity contribution in [1.29, 1.82) is 0 Å². The van der Waals surface area contributed by atoms with Crippen molar-refractivity contribution < 1.29 is 10.2 Å². The molecular weight excluding hydrogens is 240 g/mol. The second-order valence-corrected chi connectivity index (χ2v) is 6.48. The van der Waals surface area contributed by atoms with Crippen molar-refractivity contribution in [3.05, 3.63) is 0 Å². The first kappa shape index (κ1) is 15.2. The summed E-state index contributed by atoms with van der Waals surface area (Å²) in [6.07, 6.45) is 5.84. The van der Waals surface area contributed by atoms with E-state index in [4.69, 9.17) is 5.11 Å². The summed E-state index contributed by atoms with van der Waals surface area (Å²) in [5.74, 6) is 1.28. The normalized spacial score (nSPS) is 31.1. The number of hydrogen-bond donors (Lipinski definition) is 3. The van der Waals surface area contributed by atoms with Crippen molar-refractivity contribution in [2.45, 2.75) is 51.2 Å². The molecule has 112 valence electrons. The lowest BCUT2D eigenvalue weighted by Gasteiger charge is -2.42. The van der Waals surface area contributed by atoms with Crippen LogP contribution in [0.1, 0.15) is 39.0 Å². The van der Waals surface area contributed by atoms with Gasteiger partial charge in [-0.2, -0.15) is 0 Å². The zero-order valence-electron chi connectivity index (χ0n) is 12.2. The molecule has 0 aromatic rings. The Hall–Kier alpha value is -0.160. The van der Waals surface area contributed by atoms with Gasteiger partial charge in [0.25, 0.3) is 0 Å². The number of likely N-dealkylation sites (tertiary alicyclic amines) is 1. The van der Waals surface area contributed by atoms with Gasteiger partial charge in [-0.1, -0.05) is 6.42 Å². The van der Waals surface area contributed by atoms with E-state index in [2.05, 4.69) is 10.2 Å². The van der Waals surface area contributed by atoms with Crippen molar-refractivity contribution in [2.24, 2.45) is 11.8 Å². The van der Waals surface area contributed by atoms with E-state index >= 15 is 0 Å². The summed E-state index contributed by atoms with van der Waals surface area (Å²) in [6.45, 7) is 6.41. The fraction of sp³-hybridized carbons (Fsp3) is 1.00. The number of aliphatic hydroxyl groups is 2. The predicted molar refractivity (Wildman–Crippen MR) is 77.1 cm³/mol. The molecule has 1 aliphatic heterocycles. The standard InChI is InChI=1S/C15H30N2O2/c1-12(19)14-8-15(16-6-3-7-18)11-17(10-14)9-13-4-2-5-13/h12-16,18-19H,2-11H2,1H3. The summed E-state index contributed by atoms with van der Waals surface area (Å²) >= 11 is 0. The Morgan fingerprint density at radius 3 is 2.68 bits per heavy atom. The predicted octanol–water partition coefficient (Wildman–Crippen LogP) is 0.830. The molecular formula is C15H30N2O2. The number of aliphatic hydroxyl groups excluding tert-OH is 2. The van der Waals surface area contributed by atoms with Crippen LogP contribution in [-0.2, 0) is 0 Å². The number of rotatable bonds is 7. The van der Waals surface area contributed by atoms with E-state index in [1.54, 1.807) is 0 Å². The molecule has 1 saturated carbocycles. The first-order chi connectivity index (χ1) is 9.19. The van der Waals surface area contributed by atoms with Crippen LogP contribution in [0.2, 0.25) is 0 Å². The summed E-state index contributed by atoms with van der Waals surface area (Å²) < 4.78 is 0. The second kappa shape index (κ2) is 7.58. The quantitative estimate of drug-likeness (QED) is 0.600. The van der Waals surface area contributed by atoms with Gasteiger partial charge in [0, 0.05) is 32.3 Å². The molecule has 1 heterocycles. The van der Waals surface area contributed by atoms with Gasteiger partial charge in [0.2, 0.25) is 0 Å². The molecule has 2 rings (SSSR count). The maximum atomic E-state index is 9.90. The zero-order chi connectivity index (χ0) is 13.7. The highest BCUT2D eigenvalue weighted by Gasteiger charge is 2.31. The average Bonchev–Trinajstić information content (AvgIpc) is 2.34. The summed E-state index contributed by atoms with van der Waals surface area (Å²) in [5.41, 5.74) is 0. The monoisotopic (exact) mass is 270 g/mol. The third kappa shape index (κ3) is 4.71. The largest absolute Gasteiger partial charge is 0.396 e. The Bertz CT molecular complexity index is 257. The highest BCUT2D eigenvalue weighted by atomic mass is 16.3. The molecule has 0 amide bonds. The van der Waals surface area contributed by atoms with Crippen LogP contribution in [0.5, 0.6) is 0 Å². The van der Waals surface area contributed by atoms with Gasteiger partial charge < -0.3 is 20.4 Å². The van der Waals surface area contributed by atoms with E-state index in [0.29, 0.717) is 12.0 Å². The van der Waals surface area contributed by atoms with Crippen molar-refractivity contribution in [3.63, 3.8) is 0 Å². The van der Waals surface area contributed by atoms with E-state index in [-0.39, 0.29) is 12.7 Å². The molecule has 0 spiro atoms. The van der Waals surface area contributed by atoms with Crippen LogP contribution in [0.3, 0.4) is 0 Å². The van der Waals surface area contributed by atoms with Crippen LogP contribution < -0.4 is 5.32 Å². The van der Waals surface area contributed by atoms with Crippen molar-refractivity contribution in [3.8, 4) is 0 Å². The number of piperidine rings is 1. The Balaban J connectivity index is 1.80. The molecule has 1 aliphatic carbocycles. The van der Waals surface area contributed by atoms with Gasteiger partial charge in [-0.3, -0.25) is 0 Å². The minimum Gasteiger partial charge on any atom is -0.396 e. The molecule has 4 nitrogen and oxygen atoms in total. The Labute approximate surface area is 117 Å². The van der Waals surface area contributed by atoms with E-state index in [1.165, 1.54) is 25.8 Å². The fourth-order valence-corrected chi connectivity index (χ4v) is 3.30. The average molecular weight is 270 g/mol. The maximum absolute atomic E-state index is 9.90. The van der Waals surface area contributed by atoms with Crippen LogP contribution in [0.4, 0.5) is 0 Å². The van der Waals surface area contributed by atoms with Crippen LogP contribution in [0.25, 0.3) is 0 Å². The van der Waals surface area contributed by atoms with E-state index in [1.807, 2.05) is 6.92 Å². The van der Waals surface area contributed by atoms with Gasteiger partial charge in [0.05, 0.1) is 6.10 Å². The van der Waals surface area contributed by atoms with Gasteiger partial charge in [0.15, 0.2) is 0 Å². The Morgan fingerprint density at radius 2 is 2.11 bits per heavy atom. The topological polar surface area (TPSA) is 55.7 Å². The summed E-state index contributed by atoms with van der Waals surface area (Å²) in [7, 11) is 0. The van der Waals surface area contributed by atoms with Gasteiger partial charge in [-0.05, 0) is 51.0 Å². The Kier molecular flexibility index (Phi) is 6.07. The van der Waals surface area contributed by atoms with Crippen LogP contribution in [-0.4, -0.2) is 60.0 Å². The summed E-state index contributed by atoms with van der Waals surface area (Å²) in [5, 5.41) is 22.3. The van der Waals surface area contributed by atoms with E-state index < -0.39 is 0 Å². The highest BCUT2D eigenvalue weighted by molar-refractivity contribution is 4.87. The first-order valence-electron chi connectivity index (χ1n) is 7.93. The van der Waals surface area contributed by atoms with E-state index in [0.717, 1.165) is 38.4 Å². The molecule has 0 aromatic carbocycles. The summed E-state index contributed by atoms with van der Waals surface area (Å²) in [6, 6.07) is 0.472. The zero-order valence-corrected chi connectivity index (χ0v) is 12.2. The third-order valence-corrected chi connectivity index (χ3v) is 4.75. The number of nitrogens with one attached hydrogen (secondary N) is 1. The van der Waals surface area contributed by atoms with Crippen LogP contribution in [0.15, 0.2) is 0 Å². The SMILES string of the molecule is CC(O)C1CC(NCCCO)CN(CC2CCC2)C1. The van der Waals surface area contributed by atoms with Gasteiger partial charge in [-0.25, -0.2) is 0 Å². The van der Waals surface area contributed by atoms with Gasteiger partial charge in [0.1, 0.15) is 0 Å². The van der Waals surface area contributed by atoms with E-state index in [9.17, 15) is 5.11 Å². The van der Waals surface area contributed by atoms with Crippen molar-refractivity contribution in [2.75, 3.05) is 32.8 Å². The number of nitrogens with zero attached hydrogens (tertiary/aromatic N) is 1. The minimum absolute atomic E-state index is 0.216. The highest BCUT2D eigenvalue weighted by Crippen LogP contribution is 2.29. The second-order valence-electron chi connectivity index (χ2n) is 6.48. The van der Waals surface area contributed by atoms with Crippen molar-refractivity contribution >= 4 is 0 Å². The summed E-state index contributed by atoms with van der Waals surface area (Å²) in [4.78, 5) is 2.54. The lowest BCUT2D eigenvalue weighted by molar-refractivity contribution is 0.0350. The van der Waals surface area contributed by atoms with Gasteiger partial charge >= 0.3 is 0 Å². The molecule has 3 atom stereocenters. The molecule has 2 fully saturated rings. The molecule has 0 bridgehead atoms. The van der Waals surface area contributed by atoms with Crippen LogP contribution in [0, 0.1) is 11.8 Å². The molecule has 0 radical (unpaired) electrons. The smallest absolute Gasteiger partial charge is 0.0553 e. The first-order valence-corrected chi connectivity index (χ1v) is 7.93. The van der Waals surface area contributed by atoms with Crippen molar-refractivity contribution in [1.82, 2.24) is 10.2 Å². The minimum atomic E-state index is -0.216. The fourth-order valence-electron chi connectivity index (χ4n) is 3.30. The molecule has 1 saturated heterocycles. The molecule has 3 N–H and O–H groups in total.